The fourth-order valence-electron chi connectivity index (χ4n) is 3.87. The minimum absolute atomic E-state index is 0.0777. The average molecular weight is 426 g/mol. The van der Waals surface area contributed by atoms with Crippen LogP contribution in [0.25, 0.3) is 0 Å². The zero-order valence-electron chi connectivity index (χ0n) is 18.5. The number of carbonyl (C=O) groups is 1. The van der Waals surface area contributed by atoms with Crippen LogP contribution in [0.5, 0.6) is 0 Å². The van der Waals surface area contributed by atoms with E-state index in [0.717, 1.165) is 13.1 Å². The average Bonchev–Trinajstić information content (AvgIpc) is 2.75. The number of hydrogen-bond donors (Lipinski definition) is 0. The van der Waals surface area contributed by atoms with Gasteiger partial charge in [0, 0.05) is 43.2 Å². The van der Waals surface area contributed by atoms with Gasteiger partial charge in [-0.2, -0.15) is 13.2 Å². The highest BCUT2D eigenvalue weighted by Gasteiger charge is 2.54. The molecule has 5 nitrogen and oxygen atoms in total. The topological polar surface area (TPSA) is 42.0 Å². The predicted molar refractivity (Wildman–Crippen MR) is 110 cm³/mol. The van der Waals surface area contributed by atoms with Crippen molar-refractivity contribution >= 4 is 13.0 Å². The van der Waals surface area contributed by atoms with E-state index in [2.05, 4.69) is 4.90 Å². The van der Waals surface area contributed by atoms with Crippen LogP contribution < -0.4 is 0 Å². The van der Waals surface area contributed by atoms with E-state index in [9.17, 15) is 18.0 Å². The van der Waals surface area contributed by atoms with Crippen molar-refractivity contribution in [1.29, 1.82) is 0 Å². The monoisotopic (exact) mass is 426 g/mol. The summed E-state index contributed by atoms with van der Waals surface area (Å²) in [5, 5.41) is 0. The maximum Gasteiger partial charge on any atom is 0.495 e. The fourth-order valence-corrected chi connectivity index (χ4v) is 3.87. The number of hydrogen-bond acceptors (Lipinski definition) is 4. The second-order valence-corrected chi connectivity index (χ2v) is 9.29. The number of alkyl halides is 3. The summed E-state index contributed by atoms with van der Waals surface area (Å²) in [5.41, 5.74) is -2.09. The van der Waals surface area contributed by atoms with Gasteiger partial charge in [0.15, 0.2) is 0 Å². The lowest BCUT2D eigenvalue weighted by molar-refractivity contribution is -0.128. The first-order valence-electron chi connectivity index (χ1n) is 10.3. The second kappa shape index (κ2) is 7.84. The Morgan fingerprint density at radius 1 is 1.07 bits per heavy atom. The second-order valence-electron chi connectivity index (χ2n) is 9.29. The van der Waals surface area contributed by atoms with Crippen LogP contribution in [-0.2, 0) is 14.1 Å². The quantitative estimate of drug-likeness (QED) is 0.635. The Morgan fingerprint density at radius 2 is 1.60 bits per heavy atom. The lowest BCUT2D eigenvalue weighted by Crippen LogP contribution is -2.47. The summed E-state index contributed by atoms with van der Waals surface area (Å²) < 4.78 is 54.0. The van der Waals surface area contributed by atoms with Gasteiger partial charge in [-0.15, -0.1) is 0 Å². The van der Waals surface area contributed by atoms with E-state index in [1.165, 1.54) is 25.2 Å². The van der Waals surface area contributed by atoms with E-state index in [1.807, 2.05) is 7.05 Å². The van der Waals surface area contributed by atoms with Crippen molar-refractivity contribution in [2.45, 2.75) is 52.0 Å². The molecule has 0 bridgehead atoms. The molecule has 0 aromatic heterocycles. The third kappa shape index (κ3) is 4.38. The lowest BCUT2D eigenvalue weighted by Gasteiger charge is -2.32. The van der Waals surface area contributed by atoms with Crippen LogP contribution in [0.2, 0.25) is 0 Å². The van der Waals surface area contributed by atoms with E-state index in [1.54, 1.807) is 32.6 Å². The molecule has 1 amide bonds. The molecular weight excluding hydrogens is 396 g/mol. The largest absolute Gasteiger partial charge is 0.495 e. The molecule has 30 heavy (non-hydrogen) atoms. The van der Waals surface area contributed by atoms with Gasteiger partial charge >= 0.3 is 13.3 Å². The molecule has 0 unspecified atom stereocenters. The minimum atomic E-state index is -4.58. The van der Waals surface area contributed by atoms with Crippen LogP contribution >= 0.6 is 0 Å². The van der Waals surface area contributed by atoms with Crippen LogP contribution in [0.4, 0.5) is 13.2 Å². The van der Waals surface area contributed by atoms with Crippen LogP contribution in [0, 0.1) is 5.92 Å². The zero-order chi connectivity index (χ0) is 22.5. The first-order valence-corrected chi connectivity index (χ1v) is 10.3. The Morgan fingerprint density at radius 3 is 2.10 bits per heavy atom. The van der Waals surface area contributed by atoms with Crippen molar-refractivity contribution in [3.63, 3.8) is 0 Å². The van der Waals surface area contributed by atoms with Crippen molar-refractivity contribution in [2.75, 3.05) is 33.2 Å². The number of halogens is 3. The van der Waals surface area contributed by atoms with Gasteiger partial charge in [-0.05, 0) is 40.2 Å². The van der Waals surface area contributed by atoms with E-state index in [4.69, 9.17) is 9.31 Å². The first kappa shape index (κ1) is 23.1. The highest BCUT2D eigenvalue weighted by molar-refractivity contribution is 6.56. The number of allylic oxidation sites excluding steroid dienone is 4. The van der Waals surface area contributed by atoms with Gasteiger partial charge in [0.1, 0.15) is 0 Å². The Kier molecular flexibility index (Phi) is 6.04. The highest BCUT2D eigenvalue weighted by Crippen LogP contribution is 2.44. The Balaban J connectivity index is 1.94. The van der Waals surface area contributed by atoms with Crippen LogP contribution in [0.15, 0.2) is 34.8 Å². The molecule has 0 saturated carbocycles. The summed E-state index contributed by atoms with van der Waals surface area (Å²) in [6, 6.07) is 0. The molecule has 2 heterocycles. The number of rotatable bonds is 2. The first-order chi connectivity index (χ1) is 13.7. The third-order valence-electron chi connectivity index (χ3n) is 6.49. The molecule has 0 spiro atoms. The molecule has 0 N–H and O–H groups in total. The fraction of sp³-hybridized carbons (Fsp3) is 0.667. The molecule has 0 aromatic carbocycles. The van der Waals surface area contributed by atoms with Crippen molar-refractivity contribution in [3.8, 4) is 0 Å². The van der Waals surface area contributed by atoms with Crippen LogP contribution in [-0.4, -0.2) is 73.4 Å². The number of amides is 1. The summed E-state index contributed by atoms with van der Waals surface area (Å²) in [6.45, 7) is 11.2. The van der Waals surface area contributed by atoms with Gasteiger partial charge < -0.3 is 19.1 Å². The Hall–Kier alpha value is -1.58. The summed E-state index contributed by atoms with van der Waals surface area (Å²) in [4.78, 5) is 16.8. The maximum atomic E-state index is 14.1. The van der Waals surface area contributed by atoms with Crippen molar-refractivity contribution in [2.24, 2.45) is 5.92 Å². The van der Waals surface area contributed by atoms with Gasteiger partial charge in [-0.25, -0.2) is 0 Å². The van der Waals surface area contributed by atoms with Crippen LogP contribution in [0.1, 0.15) is 34.6 Å². The number of piperazine rings is 1. The zero-order valence-corrected chi connectivity index (χ0v) is 18.5. The van der Waals surface area contributed by atoms with Gasteiger partial charge in [0.05, 0.1) is 11.2 Å². The normalized spacial score (nSPS) is 27.4. The predicted octanol–water partition coefficient (Wildman–Crippen LogP) is 3.38. The number of carbonyl (C=O) groups excluding carboxylic acids is 1. The van der Waals surface area contributed by atoms with Gasteiger partial charge in [0.2, 0.25) is 0 Å². The molecule has 1 aliphatic carbocycles. The molecule has 0 radical (unpaired) electrons. The summed E-state index contributed by atoms with van der Waals surface area (Å²) in [6.07, 6.45) is -0.367. The maximum absolute atomic E-state index is 14.1. The van der Waals surface area contributed by atoms with Crippen molar-refractivity contribution < 1.29 is 27.3 Å². The van der Waals surface area contributed by atoms with Crippen molar-refractivity contribution in [1.82, 2.24) is 9.80 Å². The molecule has 166 valence electrons. The SMILES string of the molecule is C[C@H]1C=C(C(=O)N2CCN(C)CC2)C=CC(B2OC(C)(C)C(C)(C)O2)=C1C(F)(F)F. The summed E-state index contributed by atoms with van der Waals surface area (Å²) in [7, 11) is 0.822. The number of nitrogens with zero attached hydrogens (tertiary/aromatic N) is 2. The van der Waals surface area contributed by atoms with Crippen LogP contribution in [0.3, 0.4) is 0 Å². The molecule has 2 fully saturated rings. The highest BCUT2D eigenvalue weighted by atomic mass is 19.4. The van der Waals surface area contributed by atoms with Gasteiger partial charge in [0.25, 0.3) is 5.91 Å². The molecule has 1 atom stereocenters. The van der Waals surface area contributed by atoms with Gasteiger partial charge in [-0.3, -0.25) is 4.79 Å². The summed E-state index contributed by atoms with van der Waals surface area (Å²) in [5.74, 6) is -1.26. The van der Waals surface area contributed by atoms with Crippen molar-refractivity contribution in [3.05, 3.63) is 34.8 Å². The van der Waals surface area contributed by atoms with E-state index in [-0.39, 0.29) is 17.0 Å². The third-order valence-corrected chi connectivity index (χ3v) is 6.49. The summed E-state index contributed by atoms with van der Waals surface area (Å²) >= 11 is 0. The molecule has 3 aliphatic rings. The Labute approximate surface area is 176 Å². The molecular formula is C21H30BF3N2O3. The smallest absolute Gasteiger partial charge is 0.399 e. The molecule has 2 saturated heterocycles. The molecule has 9 heteroatoms. The van der Waals surface area contributed by atoms with Gasteiger partial charge in [-0.1, -0.05) is 25.2 Å². The van der Waals surface area contributed by atoms with E-state index in [0.29, 0.717) is 13.1 Å². The van der Waals surface area contributed by atoms with E-state index < -0.39 is 36.0 Å². The standard InChI is InChI=1S/C21H30BF3N2O3/c1-14-13-15(18(28)27-11-9-26(6)10-12-27)7-8-16(17(14)21(23,24)25)22-29-19(2,3)20(4,5)30-22/h7-8,13-14H,9-12H2,1-6H3/t14-/m0/s1. The molecule has 3 rings (SSSR count). The van der Waals surface area contributed by atoms with E-state index >= 15 is 0 Å². The minimum Gasteiger partial charge on any atom is -0.399 e. The number of likely N-dealkylation sites (N-methyl/N-ethyl adjacent to an activating group) is 1. The lowest BCUT2D eigenvalue weighted by atomic mass is 9.72. The molecule has 2 aliphatic heterocycles. The Bertz CT molecular complexity index is 778. The molecule has 0 aromatic rings.